The van der Waals surface area contributed by atoms with Crippen molar-refractivity contribution in [1.82, 2.24) is 0 Å². The third-order valence-electron chi connectivity index (χ3n) is 27.6. The molecule has 9 atom stereocenters. The fourth-order valence-corrected chi connectivity index (χ4v) is 18.3. The molecule has 6 fully saturated rings. The number of benzene rings is 7. The summed E-state index contributed by atoms with van der Waals surface area (Å²) in [6, 6.07) is 45.9. The van der Waals surface area contributed by atoms with Gasteiger partial charge in [0, 0.05) is 6.92 Å². The normalized spacial score (nSPS) is 16.2. The van der Waals surface area contributed by atoms with Crippen LogP contribution in [0.1, 0.15) is 420 Å². The van der Waals surface area contributed by atoms with Crippen LogP contribution in [0.25, 0.3) is 0 Å². The Morgan fingerprint density at radius 2 is 0.589 bits per heavy atom. The molecule has 786 valence electrons. The molecule has 0 heterocycles. The number of hydrogen-bond donors (Lipinski definition) is 1. The van der Waals surface area contributed by atoms with Gasteiger partial charge in [-0.05, 0) is 310 Å². The molecule has 24 nitrogen and oxygen atoms in total. The van der Waals surface area contributed by atoms with E-state index in [0.717, 1.165) is 91.1 Å². The van der Waals surface area contributed by atoms with E-state index in [9.17, 15) is 52.7 Å². The predicted molar refractivity (Wildman–Crippen MR) is 551 cm³/mol. The standard InChI is InChI=1S/C27H42O5.C24H31NO3.C19H28O3.C16H22O2.2C15H23O5P.4Na/c1-9-18(4)23(15-24(28)32-27(6,7)8)26(29)31-16-30-25-21(17(2)3)11-10-12-22(25)19(5)20-13-14-20;1-16(2)20-10-7-11-21(17(3)19-12-13-19)23(20)27-15-28-24(26)22(25)14-18-8-5-4-6-9-18;1-12(2)15-8-7-9-16(13(3)14-10-11-14)17(15)21-18(20)22-19(4,5)6;1-10(2)14-6-5-7-15(11(3)13-8-9-13)16(14)18-12(4)17;2*1-10(2)13-5-4-6-14(11(3)12-7-8-12)15(13)19-9-20-21(16,17)18;;;;/h10-12,17-20,23H,9,13-16H2,1-8H3;4-11,16-17,19,22H,12-15,25H2,1-3H3;7-9,12-14H,10-11H2,1-6H3;5-7,10-11,13H,8-9H2,1-4H3;2*4-6,10-12H,7-9H2,1-3H3,(H2,16,17,18);;;;/q;;;;;;4*+1/p-4/t18?,19-,23+;17-,22+;;;11-;;;;;/m11..0...../s1. The largest absolute Gasteiger partial charge is 1.00 e. The van der Waals surface area contributed by atoms with Crippen molar-refractivity contribution in [3.8, 4) is 34.5 Å². The molecule has 0 radical (unpaired) electrons. The molecule has 13 rings (SSSR count). The van der Waals surface area contributed by atoms with E-state index in [1.54, 1.807) is 0 Å². The van der Waals surface area contributed by atoms with E-state index in [-0.39, 0.29) is 168 Å². The molecule has 0 spiro atoms. The second kappa shape index (κ2) is 62.6. The average Bonchev–Trinajstić information content (AvgIpc) is 1.23. The van der Waals surface area contributed by atoms with Crippen LogP contribution in [-0.4, -0.2) is 74.4 Å². The summed E-state index contributed by atoms with van der Waals surface area (Å²) in [6.45, 7) is 53.5. The second-order valence-electron chi connectivity index (χ2n) is 43.6. The smallest absolute Gasteiger partial charge is 0.790 e. The number of esters is 4. The van der Waals surface area contributed by atoms with Gasteiger partial charge in [0.2, 0.25) is 13.6 Å². The zero-order valence-corrected chi connectivity index (χ0v) is 103. The molecule has 6 aliphatic rings. The zero-order chi connectivity index (χ0) is 105. The predicted octanol–water partition coefficient (Wildman–Crippen LogP) is 14.3. The Labute approximate surface area is 961 Å². The van der Waals surface area contributed by atoms with Crippen LogP contribution in [0.15, 0.2) is 140 Å². The van der Waals surface area contributed by atoms with Gasteiger partial charge in [-0.15, -0.1) is 0 Å². The van der Waals surface area contributed by atoms with E-state index in [1.807, 2.05) is 156 Å². The molecule has 7 aromatic rings. The summed E-state index contributed by atoms with van der Waals surface area (Å²) in [4.78, 5) is 103. The molecule has 0 bridgehead atoms. The molecular formula is C116H165NNa4O23P2. The van der Waals surface area contributed by atoms with Gasteiger partial charge in [-0.1, -0.05) is 284 Å². The molecule has 2 N–H and O–H groups in total. The summed E-state index contributed by atoms with van der Waals surface area (Å²) in [7, 11) is -10.0. The van der Waals surface area contributed by atoms with E-state index < -0.39 is 70.5 Å². The van der Waals surface area contributed by atoms with Crippen molar-refractivity contribution in [2.24, 2.45) is 53.1 Å². The molecule has 6 saturated carbocycles. The third-order valence-corrected chi connectivity index (χ3v) is 28.4. The zero-order valence-electron chi connectivity index (χ0n) is 93.7. The van der Waals surface area contributed by atoms with Gasteiger partial charge < -0.3 is 90.9 Å². The topological polar surface area (TPSA) is 349 Å². The van der Waals surface area contributed by atoms with Crippen molar-refractivity contribution in [2.75, 3.05) is 27.2 Å². The fraction of sp³-hybridized carbons (Fsp3) is 0.595. The minimum Gasteiger partial charge on any atom is -0.790 e. The van der Waals surface area contributed by atoms with Crippen LogP contribution in [0.3, 0.4) is 0 Å². The number of para-hydroxylation sites is 6. The molecule has 30 heteroatoms. The van der Waals surface area contributed by atoms with Gasteiger partial charge in [0.15, 0.2) is 13.6 Å². The monoisotopic (exact) mass is 2090 g/mol. The van der Waals surface area contributed by atoms with Gasteiger partial charge in [-0.3, -0.25) is 19.2 Å². The number of ether oxygens (including phenoxy) is 10. The second-order valence-corrected chi connectivity index (χ2v) is 46.0. The van der Waals surface area contributed by atoms with E-state index in [0.29, 0.717) is 107 Å². The summed E-state index contributed by atoms with van der Waals surface area (Å²) < 4.78 is 85.4. The molecule has 6 aliphatic carbocycles. The molecule has 146 heavy (non-hydrogen) atoms. The van der Waals surface area contributed by atoms with Gasteiger partial charge in [0.25, 0.3) is 0 Å². The maximum atomic E-state index is 12.9. The minimum absolute atomic E-state index is 0. The summed E-state index contributed by atoms with van der Waals surface area (Å²) in [5, 5.41) is 0. The van der Waals surface area contributed by atoms with Crippen molar-refractivity contribution in [2.45, 2.75) is 372 Å². The first kappa shape index (κ1) is 133. The SMILES string of the molecule is CC(=O)Oc1c(C(C)C)cccc1C(C)C1CC1.CC(C)c1cccc(C(C)C2CC2)c1OC(=O)OC(C)(C)C.CC(C)c1cccc(C(C)C2CC2)c1OCOP(=O)([O-])[O-].CC(C)c1cccc([C@@H](C)C2CC2)c1OCOP(=O)([O-])[O-].CC(C)c1cccc([C@H](C)C2CC2)c1OCOC(=O)[C@@H](N)Cc1ccccc1.CCC(C)[C@H](CC(=O)OC(C)(C)C)C(=O)OCOc1c(C(C)C)cccc1[C@H](C)C1CC1.[Na+].[Na+].[Na+].[Na+]. The maximum absolute atomic E-state index is 12.9. The molecule has 0 amide bonds. The molecule has 4 unspecified atom stereocenters. The average molecular weight is 2100 g/mol. The van der Waals surface area contributed by atoms with E-state index >= 15 is 0 Å². The fourth-order valence-electron chi connectivity index (χ4n) is 17.9. The van der Waals surface area contributed by atoms with Crippen molar-refractivity contribution in [1.29, 1.82) is 0 Å². The Balaban J connectivity index is 0.000000366. The van der Waals surface area contributed by atoms with Gasteiger partial charge >= 0.3 is 148 Å². The third kappa shape index (κ3) is 44.9. The molecule has 0 saturated heterocycles. The Kier molecular flexibility index (Phi) is 57.2. The van der Waals surface area contributed by atoms with Crippen LogP contribution >= 0.6 is 15.6 Å². The summed E-state index contributed by atoms with van der Waals surface area (Å²) in [5.74, 6) is 10.9. The molecule has 0 aliphatic heterocycles. The number of nitrogens with two attached hydrogens (primary N) is 1. The van der Waals surface area contributed by atoms with Crippen molar-refractivity contribution < 1.29 is 227 Å². The van der Waals surface area contributed by atoms with Crippen molar-refractivity contribution in [3.63, 3.8) is 0 Å². The van der Waals surface area contributed by atoms with Crippen molar-refractivity contribution in [3.05, 3.63) is 212 Å². The Bertz CT molecular complexity index is 5200. The first-order valence-corrected chi connectivity index (χ1v) is 54.7. The number of rotatable bonds is 42. The summed E-state index contributed by atoms with van der Waals surface area (Å²) in [5.41, 5.74) is 19.2. The molecule has 0 aromatic heterocycles. The van der Waals surface area contributed by atoms with E-state index in [1.165, 1.54) is 101 Å². The number of carbonyl (C=O) groups excluding carboxylic acids is 5. The van der Waals surface area contributed by atoms with Crippen LogP contribution in [0.2, 0.25) is 0 Å². The summed E-state index contributed by atoms with van der Waals surface area (Å²) >= 11 is 0. The van der Waals surface area contributed by atoms with Gasteiger partial charge in [0.05, 0.1) is 28.0 Å². The molecular weight excluding hydrogens is 1930 g/mol. The van der Waals surface area contributed by atoms with Crippen LogP contribution in [0, 0.1) is 47.3 Å². The van der Waals surface area contributed by atoms with Gasteiger partial charge in [0.1, 0.15) is 51.7 Å². The first-order chi connectivity index (χ1) is 66.7. The number of phosphoric ester groups is 2. The maximum Gasteiger partial charge on any atom is 1.00 e. The number of carbonyl (C=O) groups is 5. The van der Waals surface area contributed by atoms with E-state index in [2.05, 4.69) is 173 Å². The summed E-state index contributed by atoms with van der Waals surface area (Å²) in [6.07, 6.45) is 15.6. The Morgan fingerprint density at radius 3 is 0.836 bits per heavy atom. The first-order valence-electron chi connectivity index (χ1n) is 51.7. The van der Waals surface area contributed by atoms with Crippen molar-refractivity contribution >= 4 is 45.7 Å². The van der Waals surface area contributed by atoms with Gasteiger partial charge in [-0.2, -0.15) is 0 Å². The number of phosphoric acid groups is 2. The van der Waals surface area contributed by atoms with Crippen LogP contribution < -0.4 is 172 Å². The Morgan fingerprint density at radius 1 is 0.342 bits per heavy atom. The van der Waals surface area contributed by atoms with Gasteiger partial charge in [-0.25, -0.2) is 4.79 Å². The quantitative estimate of drug-likeness (QED) is 0.00706. The van der Waals surface area contributed by atoms with Crippen LogP contribution in [-0.2, 0) is 62.7 Å². The Hall–Kier alpha value is -4.93. The van der Waals surface area contributed by atoms with Crippen LogP contribution in [0.5, 0.6) is 34.5 Å². The van der Waals surface area contributed by atoms with Crippen LogP contribution in [0.4, 0.5) is 4.79 Å². The number of hydrogen-bond acceptors (Lipinski definition) is 24. The minimum atomic E-state index is -5.01. The van der Waals surface area contributed by atoms with E-state index in [4.69, 9.17) is 53.1 Å². The molecule has 7 aromatic carbocycles.